The minimum absolute atomic E-state index is 0.00935. The number of rotatable bonds is 51. The molecule has 0 fully saturated rings. The molecule has 0 bridgehead atoms. The molecule has 0 spiro atoms. The number of esters is 2. The van der Waals surface area contributed by atoms with Crippen molar-refractivity contribution in [2.24, 2.45) is 0 Å². The van der Waals surface area contributed by atoms with Gasteiger partial charge in [-0.1, -0.05) is 234 Å². The summed E-state index contributed by atoms with van der Waals surface area (Å²) < 4.78 is 33.9. The summed E-state index contributed by atoms with van der Waals surface area (Å²) in [5.74, 6) is -0.980. The van der Waals surface area contributed by atoms with Gasteiger partial charge in [-0.3, -0.25) is 14.2 Å². The first-order chi connectivity index (χ1) is 34.0. The highest BCUT2D eigenvalue weighted by molar-refractivity contribution is 7.45. The zero-order valence-electron chi connectivity index (χ0n) is 45.7. The number of hydrogen-bond acceptors (Lipinski definition) is 8. The van der Waals surface area contributed by atoms with E-state index in [1.807, 2.05) is 33.3 Å². The molecule has 0 N–H and O–H groups in total. The fourth-order valence-corrected chi connectivity index (χ4v) is 8.31. The summed E-state index contributed by atoms with van der Waals surface area (Å²) in [6.07, 6.45) is 68.3. The molecule has 0 radical (unpaired) electrons. The van der Waals surface area contributed by atoms with Crippen molar-refractivity contribution in [2.45, 2.75) is 238 Å². The maximum absolute atomic E-state index is 12.7. The molecule has 0 aromatic heterocycles. The van der Waals surface area contributed by atoms with Crippen molar-refractivity contribution < 1.29 is 42.1 Å². The van der Waals surface area contributed by atoms with Gasteiger partial charge in [0.05, 0.1) is 34.2 Å². The average molecular weight is 1000 g/mol. The highest BCUT2D eigenvalue weighted by Crippen LogP contribution is 2.38. The minimum atomic E-state index is -4.66. The van der Waals surface area contributed by atoms with Crippen molar-refractivity contribution in [3.8, 4) is 0 Å². The summed E-state index contributed by atoms with van der Waals surface area (Å²) in [6.45, 7) is 4.00. The third-order valence-corrected chi connectivity index (χ3v) is 12.9. The molecule has 0 rings (SSSR count). The van der Waals surface area contributed by atoms with E-state index in [1.165, 1.54) is 148 Å². The number of quaternary nitrogens is 1. The van der Waals surface area contributed by atoms with Gasteiger partial charge in [0.15, 0.2) is 6.10 Å². The van der Waals surface area contributed by atoms with Crippen molar-refractivity contribution in [2.75, 3.05) is 47.5 Å². The zero-order chi connectivity index (χ0) is 51.3. The molecule has 0 saturated carbocycles. The Morgan fingerprint density at radius 2 is 0.857 bits per heavy atom. The SMILES string of the molecule is CC/C=C\C/C=C\C/C=C\C/C=C\C/C=C\CC(=O)OC(COC(=O)CCCCCCCCCCCCCCCCCCCCC/C=C\C/C=C\CCCCCCC)COP(=O)([O-])OCC[N+](C)(C)C. The van der Waals surface area contributed by atoms with Crippen molar-refractivity contribution in [1.29, 1.82) is 0 Å². The molecule has 0 aliphatic rings. The third-order valence-electron chi connectivity index (χ3n) is 11.9. The van der Waals surface area contributed by atoms with Crippen LogP contribution in [-0.2, 0) is 32.7 Å². The minimum Gasteiger partial charge on any atom is -0.756 e. The number of unbranched alkanes of at least 4 members (excludes halogenated alkanes) is 24. The topological polar surface area (TPSA) is 111 Å². The van der Waals surface area contributed by atoms with Gasteiger partial charge in [0.1, 0.15) is 19.8 Å². The highest BCUT2D eigenvalue weighted by atomic mass is 31.2. The smallest absolute Gasteiger partial charge is 0.310 e. The summed E-state index contributed by atoms with van der Waals surface area (Å²) in [4.78, 5) is 37.7. The van der Waals surface area contributed by atoms with Gasteiger partial charge in [-0.05, 0) is 70.6 Å². The number of nitrogens with zero attached hydrogens (tertiary/aromatic N) is 1. The van der Waals surface area contributed by atoms with Crippen LogP contribution in [0.5, 0.6) is 0 Å². The number of phosphoric ester groups is 1. The van der Waals surface area contributed by atoms with Crippen molar-refractivity contribution in [3.05, 3.63) is 85.1 Å². The van der Waals surface area contributed by atoms with E-state index in [2.05, 4.69) is 80.7 Å². The van der Waals surface area contributed by atoms with Crippen LogP contribution in [0, 0.1) is 0 Å². The molecule has 0 aliphatic carbocycles. The summed E-state index contributed by atoms with van der Waals surface area (Å²) in [5, 5.41) is 0. The van der Waals surface area contributed by atoms with Gasteiger partial charge < -0.3 is 27.9 Å². The Labute approximate surface area is 431 Å². The van der Waals surface area contributed by atoms with Gasteiger partial charge in [-0.15, -0.1) is 0 Å². The molecular weight excluding hydrogens is 894 g/mol. The van der Waals surface area contributed by atoms with E-state index in [-0.39, 0.29) is 26.1 Å². The lowest BCUT2D eigenvalue weighted by molar-refractivity contribution is -0.870. The molecule has 0 aromatic carbocycles. The highest BCUT2D eigenvalue weighted by Gasteiger charge is 2.21. The quantitative estimate of drug-likeness (QED) is 0.0195. The number of ether oxygens (including phenoxy) is 2. The van der Waals surface area contributed by atoms with Gasteiger partial charge in [0.25, 0.3) is 7.82 Å². The molecule has 0 amide bonds. The summed E-state index contributed by atoms with van der Waals surface area (Å²) in [6, 6.07) is 0. The van der Waals surface area contributed by atoms with Crippen LogP contribution < -0.4 is 4.89 Å². The van der Waals surface area contributed by atoms with Gasteiger partial charge in [0, 0.05) is 6.42 Å². The number of carbonyl (C=O) groups is 2. The summed E-state index contributed by atoms with van der Waals surface area (Å²) in [7, 11) is 1.11. The molecule has 10 heteroatoms. The number of phosphoric acid groups is 1. The maximum Gasteiger partial charge on any atom is 0.310 e. The Hall–Kier alpha value is -2.81. The van der Waals surface area contributed by atoms with Gasteiger partial charge in [-0.25, -0.2) is 0 Å². The maximum atomic E-state index is 12.7. The molecule has 70 heavy (non-hydrogen) atoms. The van der Waals surface area contributed by atoms with E-state index in [4.69, 9.17) is 18.5 Å². The van der Waals surface area contributed by atoms with Crippen LogP contribution >= 0.6 is 7.82 Å². The standard InChI is InChI=1S/C60H106NO8P/c1-6-8-10-12-14-16-18-20-22-23-24-25-26-27-28-29-30-31-32-33-34-35-36-37-39-40-42-44-46-48-50-52-59(62)66-56-58(57-68-70(64,65)67-55-54-61(3,4)5)69-60(63)53-51-49-47-45-43-41-38-21-19-17-15-13-11-9-7-2/h9,11,15,17-18,20-21,23-24,38,43,45,49,51,58H,6-8,10,12-14,16,19,22,25-37,39-42,44,46-48,50,52-57H2,1-5H3/b11-9-,17-15-,20-18-,24-23-,38-21-,45-43-,51-49-. The predicted octanol–water partition coefficient (Wildman–Crippen LogP) is 16.8. The van der Waals surface area contributed by atoms with E-state index in [0.717, 1.165) is 51.4 Å². The molecule has 0 aromatic rings. The fraction of sp³-hybridized carbons (Fsp3) is 0.733. The zero-order valence-corrected chi connectivity index (χ0v) is 46.6. The molecule has 0 aliphatic heterocycles. The van der Waals surface area contributed by atoms with E-state index in [9.17, 15) is 19.0 Å². The first-order valence-corrected chi connectivity index (χ1v) is 29.8. The average Bonchev–Trinajstić information content (AvgIpc) is 3.32. The molecule has 0 saturated heterocycles. The van der Waals surface area contributed by atoms with E-state index >= 15 is 0 Å². The number of carbonyl (C=O) groups excluding carboxylic acids is 2. The van der Waals surface area contributed by atoms with Crippen molar-refractivity contribution >= 4 is 19.8 Å². The second-order valence-corrected chi connectivity index (χ2v) is 21.3. The first kappa shape index (κ1) is 67.2. The number of likely N-dealkylation sites (N-methyl/N-ethyl adjacent to an activating group) is 1. The van der Waals surface area contributed by atoms with Gasteiger partial charge in [0.2, 0.25) is 0 Å². The van der Waals surface area contributed by atoms with Gasteiger partial charge in [-0.2, -0.15) is 0 Å². The third kappa shape index (κ3) is 54.5. The van der Waals surface area contributed by atoms with Crippen LogP contribution in [0.1, 0.15) is 232 Å². The Morgan fingerprint density at radius 1 is 0.471 bits per heavy atom. The lowest BCUT2D eigenvalue weighted by atomic mass is 10.0. The second kappa shape index (κ2) is 51.1. The van der Waals surface area contributed by atoms with Crippen molar-refractivity contribution in [3.63, 3.8) is 0 Å². The summed E-state index contributed by atoms with van der Waals surface area (Å²) >= 11 is 0. The molecular formula is C60H106NO8P. The molecule has 2 unspecified atom stereocenters. The first-order valence-electron chi connectivity index (χ1n) is 28.3. The lowest BCUT2D eigenvalue weighted by Crippen LogP contribution is -2.37. The lowest BCUT2D eigenvalue weighted by Gasteiger charge is -2.28. The van der Waals surface area contributed by atoms with Crippen LogP contribution in [0.25, 0.3) is 0 Å². The van der Waals surface area contributed by atoms with Crippen molar-refractivity contribution in [1.82, 2.24) is 0 Å². The Bertz CT molecular complexity index is 1460. The largest absolute Gasteiger partial charge is 0.756 e. The monoisotopic (exact) mass is 1000 g/mol. The normalized spacial score (nSPS) is 14.0. The number of allylic oxidation sites excluding steroid dienone is 13. The molecule has 2 atom stereocenters. The van der Waals surface area contributed by atoms with Crippen LogP contribution in [0.2, 0.25) is 0 Å². The van der Waals surface area contributed by atoms with Gasteiger partial charge >= 0.3 is 11.9 Å². The molecule has 0 heterocycles. The second-order valence-electron chi connectivity index (χ2n) is 19.9. The fourth-order valence-electron chi connectivity index (χ4n) is 7.59. The number of hydrogen-bond donors (Lipinski definition) is 0. The van der Waals surface area contributed by atoms with Crippen LogP contribution in [-0.4, -0.2) is 70.0 Å². The van der Waals surface area contributed by atoms with Crippen LogP contribution in [0.4, 0.5) is 0 Å². The Morgan fingerprint density at radius 3 is 1.29 bits per heavy atom. The van der Waals surface area contributed by atoms with E-state index < -0.39 is 32.5 Å². The summed E-state index contributed by atoms with van der Waals surface area (Å²) in [5.41, 5.74) is 0. The van der Waals surface area contributed by atoms with Crippen LogP contribution in [0.3, 0.4) is 0 Å². The predicted molar refractivity (Wildman–Crippen MR) is 296 cm³/mol. The van der Waals surface area contributed by atoms with Crippen LogP contribution in [0.15, 0.2) is 85.1 Å². The van der Waals surface area contributed by atoms with E-state index in [0.29, 0.717) is 17.4 Å². The Balaban J connectivity index is 4.11. The molecule has 404 valence electrons. The Kier molecular flexibility index (Phi) is 49.1. The van der Waals surface area contributed by atoms with E-state index in [1.54, 1.807) is 6.08 Å². The molecule has 9 nitrogen and oxygen atoms in total.